The molecule has 3 aliphatic rings. The highest BCUT2D eigenvalue weighted by Gasteiger charge is 2.31. The molecule has 1 fully saturated rings. The fraction of sp³-hybridized carbons (Fsp3) is 0.231. The van der Waals surface area contributed by atoms with E-state index in [4.69, 9.17) is 0 Å². The third-order valence-corrected chi connectivity index (χ3v) is 6.10. The van der Waals surface area contributed by atoms with E-state index in [1.807, 2.05) is 86.9 Å². The maximum Gasteiger partial charge on any atom is 0.282 e. The first-order chi connectivity index (χ1) is 16.5. The van der Waals surface area contributed by atoms with E-state index in [0.29, 0.717) is 22.6 Å². The van der Waals surface area contributed by atoms with Crippen LogP contribution in [0.25, 0.3) is 0 Å². The quantitative estimate of drug-likeness (QED) is 0.665. The third-order valence-electron chi connectivity index (χ3n) is 6.10. The molecule has 2 aromatic rings. The van der Waals surface area contributed by atoms with Crippen molar-refractivity contribution in [3.63, 3.8) is 0 Å². The van der Waals surface area contributed by atoms with E-state index in [2.05, 4.69) is 20.0 Å². The number of hydrazone groups is 2. The summed E-state index contributed by atoms with van der Waals surface area (Å²) in [5, 5.41) is 11.8. The molecule has 0 radical (unpaired) electrons. The van der Waals surface area contributed by atoms with Crippen molar-refractivity contribution in [2.45, 2.75) is 13.8 Å². The second kappa shape index (κ2) is 8.97. The summed E-state index contributed by atoms with van der Waals surface area (Å²) < 4.78 is 0. The van der Waals surface area contributed by atoms with Crippen LogP contribution in [0.2, 0.25) is 0 Å². The second-order valence-corrected chi connectivity index (χ2v) is 8.43. The van der Waals surface area contributed by atoms with Gasteiger partial charge in [-0.1, -0.05) is 36.4 Å². The van der Waals surface area contributed by atoms with E-state index in [-0.39, 0.29) is 11.8 Å². The lowest BCUT2D eigenvalue weighted by Gasteiger charge is -2.34. The SMILES string of the molecule is CC1=NN(c2ccccc2)C(=O)C1=CN1CCN(C=C2C(=O)N(c3ccccc3)N=C2C)CC1. The van der Waals surface area contributed by atoms with E-state index in [1.54, 1.807) is 0 Å². The number of nitrogens with zero attached hydrogens (tertiary/aromatic N) is 6. The fourth-order valence-corrected chi connectivity index (χ4v) is 4.18. The molecule has 5 rings (SSSR count). The van der Waals surface area contributed by atoms with Gasteiger partial charge in [-0.15, -0.1) is 0 Å². The van der Waals surface area contributed by atoms with Gasteiger partial charge >= 0.3 is 0 Å². The van der Waals surface area contributed by atoms with Crippen molar-refractivity contribution in [3.8, 4) is 0 Å². The number of para-hydroxylation sites is 2. The Morgan fingerprint density at radius 2 is 0.971 bits per heavy atom. The van der Waals surface area contributed by atoms with Gasteiger partial charge in [0.25, 0.3) is 11.8 Å². The van der Waals surface area contributed by atoms with Crippen LogP contribution in [0.15, 0.2) is 94.4 Å². The van der Waals surface area contributed by atoms with Crippen LogP contribution < -0.4 is 10.0 Å². The van der Waals surface area contributed by atoms with Crippen LogP contribution in [0.5, 0.6) is 0 Å². The van der Waals surface area contributed by atoms with Gasteiger partial charge < -0.3 is 9.80 Å². The Bertz CT molecular complexity index is 1130. The topological polar surface area (TPSA) is 71.8 Å². The molecule has 0 aliphatic carbocycles. The average molecular weight is 455 g/mol. The molecule has 34 heavy (non-hydrogen) atoms. The summed E-state index contributed by atoms with van der Waals surface area (Å²) in [5.74, 6) is -0.227. The summed E-state index contributed by atoms with van der Waals surface area (Å²) in [7, 11) is 0. The predicted molar refractivity (Wildman–Crippen MR) is 133 cm³/mol. The molecular weight excluding hydrogens is 428 g/mol. The van der Waals surface area contributed by atoms with Crippen molar-refractivity contribution in [1.29, 1.82) is 0 Å². The second-order valence-electron chi connectivity index (χ2n) is 8.43. The number of carbonyl (C=O) groups excluding carboxylic acids is 2. The number of hydrogen-bond acceptors (Lipinski definition) is 6. The van der Waals surface area contributed by atoms with Crippen LogP contribution in [0.4, 0.5) is 11.4 Å². The van der Waals surface area contributed by atoms with E-state index >= 15 is 0 Å². The molecule has 2 aromatic carbocycles. The van der Waals surface area contributed by atoms with E-state index < -0.39 is 0 Å². The monoisotopic (exact) mass is 454 g/mol. The molecule has 8 nitrogen and oxygen atoms in total. The van der Waals surface area contributed by atoms with Crippen LogP contribution in [-0.2, 0) is 9.59 Å². The molecule has 2 amide bonds. The van der Waals surface area contributed by atoms with Gasteiger partial charge in [-0.25, -0.2) is 0 Å². The minimum absolute atomic E-state index is 0.113. The van der Waals surface area contributed by atoms with Gasteiger partial charge in [-0.3, -0.25) is 9.59 Å². The lowest BCUT2D eigenvalue weighted by atomic mass is 10.1. The summed E-state index contributed by atoms with van der Waals surface area (Å²) in [6.07, 6.45) is 3.83. The lowest BCUT2D eigenvalue weighted by Crippen LogP contribution is -2.42. The Balaban J connectivity index is 1.23. The molecule has 0 aromatic heterocycles. The highest BCUT2D eigenvalue weighted by Crippen LogP contribution is 2.25. The molecule has 172 valence electrons. The number of anilines is 2. The fourth-order valence-electron chi connectivity index (χ4n) is 4.18. The van der Waals surface area contributed by atoms with Crippen LogP contribution in [0, 0.1) is 0 Å². The highest BCUT2D eigenvalue weighted by molar-refractivity contribution is 6.30. The molecule has 0 unspecified atom stereocenters. The third kappa shape index (κ3) is 4.10. The van der Waals surface area contributed by atoms with Gasteiger partial charge in [0, 0.05) is 38.6 Å². The molecule has 8 heteroatoms. The van der Waals surface area contributed by atoms with Crippen molar-refractivity contribution in [1.82, 2.24) is 9.80 Å². The van der Waals surface area contributed by atoms with Gasteiger partial charge in [-0.2, -0.15) is 20.2 Å². The van der Waals surface area contributed by atoms with Crippen LogP contribution >= 0.6 is 0 Å². The number of amides is 2. The van der Waals surface area contributed by atoms with Gasteiger partial charge in [0.05, 0.1) is 33.9 Å². The van der Waals surface area contributed by atoms with Gasteiger partial charge in [0.1, 0.15) is 0 Å². The first-order valence-electron chi connectivity index (χ1n) is 11.3. The van der Waals surface area contributed by atoms with Gasteiger partial charge in [0.15, 0.2) is 0 Å². The predicted octanol–water partition coefficient (Wildman–Crippen LogP) is 3.22. The first-order valence-corrected chi connectivity index (χ1v) is 11.3. The van der Waals surface area contributed by atoms with Crippen molar-refractivity contribution in [2.75, 3.05) is 36.2 Å². The minimum Gasteiger partial charge on any atom is -0.373 e. The summed E-state index contributed by atoms with van der Waals surface area (Å²) in [5.41, 5.74) is 4.17. The maximum atomic E-state index is 12.9. The molecule has 0 atom stereocenters. The Morgan fingerprint density at radius 3 is 1.32 bits per heavy atom. The van der Waals surface area contributed by atoms with Crippen molar-refractivity contribution < 1.29 is 9.59 Å². The largest absolute Gasteiger partial charge is 0.373 e. The smallest absolute Gasteiger partial charge is 0.282 e. The Kier molecular flexibility index (Phi) is 5.71. The highest BCUT2D eigenvalue weighted by atomic mass is 16.2. The van der Waals surface area contributed by atoms with Crippen molar-refractivity contribution in [2.24, 2.45) is 10.2 Å². The first kappa shape index (κ1) is 21.6. The average Bonchev–Trinajstić information content (AvgIpc) is 3.31. The molecule has 0 N–H and O–H groups in total. The number of rotatable bonds is 4. The Hall–Kier alpha value is -4.20. The summed E-state index contributed by atoms with van der Waals surface area (Å²) >= 11 is 0. The number of hydrogen-bond donors (Lipinski definition) is 0. The standard InChI is InChI=1S/C26H26N6O2/c1-19-23(25(33)31(27-19)21-9-5-3-6-10-21)17-29-13-15-30(16-14-29)18-24-20(2)28-32(26(24)34)22-11-7-4-8-12-22/h3-12,17-18H,13-16H2,1-2H3. The Labute approximate surface area is 198 Å². The van der Waals surface area contributed by atoms with E-state index in [0.717, 1.165) is 37.6 Å². The zero-order valence-electron chi connectivity index (χ0n) is 19.3. The molecule has 1 saturated heterocycles. The molecule has 3 aliphatic heterocycles. The van der Waals surface area contributed by atoms with Crippen molar-refractivity contribution >= 4 is 34.6 Å². The van der Waals surface area contributed by atoms with Gasteiger partial charge in [-0.05, 0) is 38.1 Å². The summed E-state index contributed by atoms with van der Waals surface area (Å²) in [4.78, 5) is 30.2. The minimum atomic E-state index is -0.113. The van der Waals surface area contributed by atoms with Crippen LogP contribution in [0.1, 0.15) is 13.8 Å². The van der Waals surface area contributed by atoms with Crippen molar-refractivity contribution in [3.05, 3.63) is 84.2 Å². The zero-order chi connectivity index (χ0) is 23.7. The maximum absolute atomic E-state index is 12.9. The normalized spacial score (nSPS) is 21.1. The summed E-state index contributed by atoms with van der Waals surface area (Å²) in [6.45, 7) is 6.69. The van der Waals surface area contributed by atoms with E-state index in [1.165, 1.54) is 10.0 Å². The molecule has 0 spiro atoms. The molecule has 0 saturated carbocycles. The number of carbonyl (C=O) groups is 2. The molecule has 3 heterocycles. The zero-order valence-corrected chi connectivity index (χ0v) is 19.3. The van der Waals surface area contributed by atoms with E-state index in [9.17, 15) is 9.59 Å². The number of benzene rings is 2. The lowest BCUT2D eigenvalue weighted by molar-refractivity contribution is -0.115. The van der Waals surface area contributed by atoms with Gasteiger partial charge in [0.2, 0.25) is 0 Å². The number of piperazine rings is 1. The van der Waals surface area contributed by atoms with Crippen LogP contribution in [-0.4, -0.2) is 59.2 Å². The Morgan fingerprint density at radius 1 is 0.618 bits per heavy atom. The van der Waals surface area contributed by atoms with Crippen LogP contribution in [0.3, 0.4) is 0 Å². The molecular formula is C26H26N6O2. The summed E-state index contributed by atoms with van der Waals surface area (Å²) in [6, 6.07) is 18.9. The molecule has 0 bridgehead atoms.